The van der Waals surface area contributed by atoms with E-state index < -0.39 is 18.3 Å². The van der Waals surface area contributed by atoms with Crippen molar-refractivity contribution in [2.45, 2.75) is 43.7 Å². The molecule has 4 atom stereocenters. The number of methoxy groups -OCH3 is 2. The molecule has 0 amide bonds. The molecule has 0 N–H and O–H groups in total. The monoisotopic (exact) mass is 426 g/mol. The number of ether oxygens (including phenoxy) is 5. The van der Waals surface area contributed by atoms with Gasteiger partial charge in [-0.15, -0.1) is 0 Å². The number of benzene rings is 2. The van der Waals surface area contributed by atoms with E-state index in [1.54, 1.807) is 14.2 Å². The van der Waals surface area contributed by atoms with E-state index in [4.69, 9.17) is 23.7 Å². The number of carbonyl (C=O) groups excluding carboxylic acids is 1. The summed E-state index contributed by atoms with van der Waals surface area (Å²) >= 11 is 0. The van der Waals surface area contributed by atoms with E-state index in [0.717, 1.165) is 6.42 Å². The fraction of sp³-hybridized carbons (Fsp3) is 0.480. The second-order valence-electron chi connectivity index (χ2n) is 8.08. The van der Waals surface area contributed by atoms with Gasteiger partial charge in [0, 0.05) is 27.1 Å². The predicted molar refractivity (Wildman–Crippen MR) is 115 cm³/mol. The fourth-order valence-electron chi connectivity index (χ4n) is 4.72. The van der Waals surface area contributed by atoms with Crippen LogP contribution in [-0.4, -0.2) is 64.4 Å². The summed E-state index contributed by atoms with van der Waals surface area (Å²) in [5, 5.41) is 0. The van der Waals surface area contributed by atoms with Gasteiger partial charge in [-0.05, 0) is 28.7 Å². The Hall–Kier alpha value is -2.25. The van der Waals surface area contributed by atoms with E-state index in [2.05, 4.69) is 48.5 Å². The number of carbonyl (C=O) groups is 1. The van der Waals surface area contributed by atoms with Crippen LogP contribution in [-0.2, 0) is 34.9 Å². The van der Waals surface area contributed by atoms with Gasteiger partial charge in [0.1, 0.15) is 18.3 Å². The quantitative estimate of drug-likeness (QED) is 0.634. The summed E-state index contributed by atoms with van der Waals surface area (Å²) in [5.74, 6) is -0.227. The lowest BCUT2D eigenvalue weighted by Gasteiger charge is -2.40. The van der Waals surface area contributed by atoms with Gasteiger partial charge in [-0.3, -0.25) is 4.79 Å². The van der Waals surface area contributed by atoms with Crippen molar-refractivity contribution in [3.63, 3.8) is 0 Å². The maximum Gasteiger partial charge on any atom is 0.303 e. The van der Waals surface area contributed by atoms with Gasteiger partial charge >= 0.3 is 5.97 Å². The number of esters is 1. The minimum Gasteiger partial charge on any atom is -0.457 e. The summed E-state index contributed by atoms with van der Waals surface area (Å²) < 4.78 is 28.7. The van der Waals surface area contributed by atoms with Crippen molar-refractivity contribution in [2.75, 3.05) is 34.0 Å². The molecule has 0 saturated carbocycles. The van der Waals surface area contributed by atoms with Gasteiger partial charge < -0.3 is 23.7 Å². The summed E-state index contributed by atoms with van der Waals surface area (Å²) in [4.78, 5) is 11.7. The zero-order valence-electron chi connectivity index (χ0n) is 18.3. The first-order valence-corrected chi connectivity index (χ1v) is 10.7. The highest BCUT2D eigenvalue weighted by Crippen LogP contribution is 2.36. The van der Waals surface area contributed by atoms with Gasteiger partial charge in [0.05, 0.1) is 19.8 Å². The molecule has 4 rings (SSSR count). The van der Waals surface area contributed by atoms with Crippen LogP contribution in [0.25, 0.3) is 0 Å². The Kier molecular flexibility index (Phi) is 7.02. The van der Waals surface area contributed by atoms with Crippen LogP contribution in [0.2, 0.25) is 0 Å². The number of fused-ring (bicyclic) bond motifs is 2. The highest BCUT2D eigenvalue weighted by Gasteiger charge is 2.43. The molecule has 1 aliphatic carbocycles. The van der Waals surface area contributed by atoms with Crippen molar-refractivity contribution in [1.82, 2.24) is 0 Å². The lowest BCUT2D eigenvalue weighted by molar-refractivity contribution is -0.226. The van der Waals surface area contributed by atoms with Crippen LogP contribution in [0.4, 0.5) is 0 Å². The molecule has 1 fully saturated rings. The van der Waals surface area contributed by atoms with Crippen LogP contribution < -0.4 is 0 Å². The molecule has 1 aliphatic heterocycles. The minimum absolute atomic E-state index is 0.155. The van der Waals surface area contributed by atoms with Crippen molar-refractivity contribution in [3.8, 4) is 0 Å². The Labute approximate surface area is 183 Å². The van der Waals surface area contributed by atoms with E-state index in [1.165, 1.54) is 29.2 Å². The minimum atomic E-state index is -0.591. The van der Waals surface area contributed by atoms with Gasteiger partial charge in [-0.2, -0.15) is 0 Å². The molecule has 1 saturated heterocycles. The number of rotatable bonds is 7. The van der Waals surface area contributed by atoms with Crippen LogP contribution in [0.5, 0.6) is 0 Å². The normalized spacial score (nSPS) is 25.5. The highest BCUT2D eigenvalue weighted by atomic mass is 16.6. The zero-order chi connectivity index (χ0) is 21.8. The molecule has 31 heavy (non-hydrogen) atoms. The molecule has 6 heteroatoms. The van der Waals surface area contributed by atoms with Gasteiger partial charge in [0.25, 0.3) is 0 Å². The molecule has 0 bridgehead atoms. The van der Waals surface area contributed by atoms with Crippen molar-refractivity contribution in [2.24, 2.45) is 0 Å². The molecule has 1 heterocycles. The van der Waals surface area contributed by atoms with Gasteiger partial charge in [0.2, 0.25) is 0 Å². The lowest BCUT2D eigenvalue weighted by Crippen LogP contribution is -2.57. The molecule has 6 nitrogen and oxygen atoms in total. The predicted octanol–water partition coefficient (Wildman–Crippen LogP) is 3.10. The molecular weight excluding hydrogens is 396 g/mol. The molecule has 0 radical (unpaired) electrons. The largest absolute Gasteiger partial charge is 0.457 e. The van der Waals surface area contributed by atoms with Crippen LogP contribution in [0.15, 0.2) is 48.5 Å². The third kappa shape index (κ3) is 4.67. The molecule has 2 aromatic rings. The first-order valence-electron chi connectivity index (χ1n) is 10.7. The first-order chi connectivity index (χ1) is 15.1. The van der Waals surface area contributed by atoms with E-state index >= 15 is 0 Å². The Balaban J connectivity index is 1.48. The molecule has 166 valence electrons. The van der Waals surface area contributed by atoms with Crippen molar-refractivity contribution < 1.29 is 28.5 Å². The number of hydrogen-bond donors (Lipinski definition) is 0. The summed E-state index contributed by atoms with van der Waals surface area (Å²) in [6, 6.07) is 17.1. The maximum absolute atomic E-state index is 11.7. The Bertz CT molecular complexity index is 852. The average molecular weight is 427 g/mol. The molecule has 2 aromatic carbocycles. The van der Waals surface area contributed by atoms with Crippen LogP contribution in [0.1, 0.15) is 35.1 Å². The summed E-state index contributed by atoms with van der Waals surface area (Å²) in [6.07, 6.45) is -0.784. The van der Waals surface area contributed by atoms with Gasteiger partial charge in [-0.25, -0.2) is 0 Å². The maximum atomic E-state index is 11.7. The van der Waals surface area contributed by atoms with Crippen molar-refractivity contribution in [3.05, 3.63) is 70.8 Å². The second-order valence-corrected chi connectivity index (χ2v) is 8.08. The average Bonchev–Trinajstić information content (AvgIpc) is 2.78. The third-order valence-corrected chi connectivity index (χ3v) is 6.22. The summed E-state index contributed by atoms with van der Waals surface area (Å²) in [7, 11) is 3.19. The fourth-order valence-corrected chi connectivity index (χ4v) is 4.72. The van der Waals surface area contributed by atoms with Crippen LogP contribution in [0.3, 0.4) is 0 Å². The molecular formula is C25H30O6. The van der Waals surface area contributed by atoms with Crippen molar-refractivity contribution >= 4 is 5.97 Å². The Morgan fingerprint density at radius 3 is 2.16 bits per heavy atom. The van der Waals surface area contributed by atoms with Crippen LogP contribution >= 0.6 is 0 Å². The smallest absolute Gasteiger partial charge is 0.303 e. The standard InChI is InChI=1S/C25H30O6/c1-16(26)31-25-23(30-15-22(27-2)24(25)28-3)14-29-13-21-19-10-6-4-8-17(19)12-18-9-5-7-11-20(18)21/h4-11,21-25H,12-15H2,1-3H3/t22-,23+,24+,25+/m0/s1. The van der Waals surface area contributed by atoms with Gasteiger partial charge in [0.15, 0.2) is 6.10 Å². The molecule has 0 spiro atoms. The number of hydrogen-bond acceptors (Lipinski definition) is 6. The molecule has 2 aliphatic rings. The Morgan fingerprint density at radius 1 is 0.935 bits per heavy atom. The summed E-state index contributed by atoms with van der Waals surface area (Å²) in [5.41, 5.74) is 5.28. The van der Waals surface area contributed by atoms with Crippen molar-refractivity contribution in [1.29, 1.82) is 0 Å². The Morgan fingerprint density at radius 2 is 1.58 bits per heavy atom. The van der Waals surface area contributed by atoms with E-state index in [0.29, 0.717) is 19.8 Å². The van der Waals surface area contributed by atoms with Crippen LogP contribution in [0, 0.1) is 0 Å². The molecule has 0 unspecified atom stereocenters. The third-order valence-electron chi connectivity index (χ3n) is 6.22. The van der Waals surface area contributed by atoms with E-state index in [1.807, 2.05) is 0 Å². The highest BCUT2D eigenvalue weighted by molar-refractivity contribution is 5.66. The van der Waals surface area contributed by atoms with Gasteiger partial charge in [-0.1, -0.05) is 48.5 Å². The molecule has 0 aromatic heterocycles. The summed E-state index contributed by atoms with van der Waals surface area (Å²) in [6.45, 7) is 2.56. The zero-order valence-corrected chi connectivity index (χ0v) is 18.3. The lowest BCUT2D eigenvalue weighted by atomic mass is 9.78. The SMILES string of the molecule is CO[C@H]1[C@H](OC(C)=O)[C@@H](COCC2c3ccccc3Cc3ccccc32)OC[C@@H]1OC. The van der Waals surface area contributed by atoms with E-state index in [9.17, 15) is 4.79 Å². The van der Waals surface area contributed by atoms with E-state index in [-0.39, 0.29) is 18.0 Å². The first kappa shape index (κ1) is 22.0. The topological polar surface area (TPSA) is 63.2 Å². The second kappa shape index (κ2) is 9.92.